The van der Waals surface area contributed by atoms with E-state index in [0.29, 0.717) is 0 Å². The third-order valence-electron chi connectivity index (χ3n) is 6.51. The Kier molecular flexibility index (Phi) is 7.17. The minimum atomic E-state index is -3.19. The van der Waals surface area contributed by atoms with Crippen molar-refractivity contribution < 1.29 is 9.13 Å². The highest BCUT2D eigenvalue weighted by molar-refractivity contribution is 7.94. The minimum absolute atomic E-state index is 0.159. The van der Waals surface area contributed by atoms with Crippen LogP contribution in [0.15, 0.2) is 30.3 Å². The zero-order valence-corrected chi connectivity index (χ0v) is 22.8. The Hall–Kier alpha value is 0.694. The van der Waals surface area contributed by atoms with Gasteiger partial charge in [0, 0.05) is 0 Å². The van der Waals surface area contributed by atoms with E-state index in [1.165, 1.54) is 6.42 Å². The number of rotatable bonds is 6. The van der Waals surface area contributed by atoms with Gasteiger partial charge in [-0.1, -0.05) is 80.7 Å². The number of hydrogen-bond donors (Lipinski definition) is 0. The molecule has 1 aromatic rings. The monoisotopic (exact) mass is 482 g/mol. The minimum Gasteiger partial charge on any atom is -0.324 e. The Morgan fingerprint density at radius 3 is 1.74 bits per heavy atom. The number of benzene rings is 1. The molecule has 0 heterocycles. The fourth-order valence-corrected chi connectivity index (χ4v) is 49.3. The van der Waals surface area contributed by atoms with Crippen molar-refractivity contribution in [1.82, 2.24) is 0 Å². The maximum absolute atomic E-state index is 14.1. The van der Waals surface area contributed by atoms with Crippen LogP contribution < -0.4 is 5.19 Å². The van der Waals surface area contributed by atoms with Gasteiger partial charge in [0.1, 0.15) is 8.07 Å². The summed E-state index contributed by atoms with van der Waals surface area (Å²) in [5.74, 6) is 0. The first kappa shape index (κ1) is 24.0. The van der Waals surface area contributed by atoms with Crippen molar-refractivity contribution in [1.29, 1.82) is 0 Å². The van der Waals surface area contributed by atoms with Gasteiger partial charge in [0.15, 0.2) is 0 Å². The van der Waals surface area contributed by atoms with Crippen molar-refractivity contribution in [2.24, 2.45) is 0 Å². The third kappa shape index (κ3) is 3.89. The van der Waals surface area contributed by atoms with Crippen molar-refractivity contribution in [3.05, 3.63) is 30.3 Å². The Balaban J connectivity index is 2.87. The predicted octanol–water partition coefficient (Wildman–Crippen LogP) is 6.88. The van der Waals surface area contributed by atoms with Crippen molar-refractivity contribution in [2.75, 3.05) is 26.7 Å². The summed E-state index contributed by atoms with van der Waals surface area (Å²) in [4.78, 5) is 0. The second-order valence-electron chi connectivity index (χ2n) is 9.32. The van der Waals surface area contributed by atoms with E-state index in [9.17, 15) is 9.13 Å². The fourth-order valence-electron chi connectivity index (χ4n) is 5.87. The molecular formula is C19H34Cl2O2P2Si2. The average molecular weight is 484 g/mol. The van der Waals surface area contributed by atoms with Gasteiger partial charge in [0.05, 0.1) is 18.4 Å². The number of halogens is 2. The zero-order valence-electron chi connectivity index (χ0n) is 17.5. The van der Waals surface area contributed by atoms with Crippen LogP contribution in [0.1, 0.15) is 32.1 Å². The van der Waals surface area contributed by atoms with Gasteiger partial charge in [-0.3, -0.25) is 0 Å². The Labute approximate surface area is 177 Å². The summed E-state index contributed by atoms with van der Waals surface area (Å²) in [5, 5.41) is 1.15. The molecule has 1 aliphatic rings. The van der Waals surface area contributed by atoms with E-state index in [4.69, 9.17) is 22.2 Å². The largest absolute Gasteiger partial charge is 0.324 e. The molecule has 1 aliphatic carbocycles. The topological polar surface area (TPSA) is 34.1 Å². The SMILES string of the molecule is C[Si](C)(c1ccccc1)C([Si](Cl)(Cl)C1CCCCC1)(P(C)(C)=O)P(C)(C)=O. The van der Waals surface area contributed by atoms with Gasteiger partial charge in [-0.15, -0.1) is 22.2 Å². The second-order valence-corrected chi connectivity index (χ2v) is 30.2. The van der Waals surface area contributed by atoms with Crippen LogP contribution in [0.4, 0.5) is 0 Å². The van der Waals surface area contributed by atoms with E-state index in [-0.39, 0.29) is 5.54 Å². The van der Waals surface area contributed by atoms with Crippen molar-refractivity contribution in [3.63, 3.8) is 0 Å². The molecule has 2 rings (SSSR count). The molecule has 1 aromatic carbocycles. The van der Waals surface area contributed by atoms with Crippen LogP contribution >= 0.6 is 36.4 Å². The zero-order chi connectivity index (χ0) is 20.7. The highest BCUT2D eigenvalue weighted by Gasteiger charge is 2.74. The van der Waals surface area contributed by atoms with Crippen LogP contribution in [0.2, 0.25) is 18.6 Å². The van der Waals surface area contributed by atoms with Gasteiger partial charge in [-0.25, -0.2) is 0 Å². The molecule has 154 valence electrons. The fraction of sp³-hybridized carbons (Fsp3) is 0.684. The highest BCUT2D eigenvalue weighted by Crippen LogP contribution is 2.79. The molecule has 27 heavy (non-hydrogen) atoms. The van der Waals surface area contributed by atoms with Crippen LogP contribution in [0.3, 0.4) is 0 Å². The van der Waals surface area contributed by atoms with E-state index in [1.807, 2.05) is 18.2 Å². The predicted molar refractivity (Wildman–Crippen MR) is 129 cm³/mol. The molecule has 0 saturated heterocycles. The summed E-state index contributed by atoms with van der Waals surface area (Å²) < 4.78 is 27.3. The molecule has 0 bridgehead atoms. The van der Waals surface area contributed by atoms with Crippen LogP contribution in [0.25, 0.3) is 0 Å². The van der Waals surface area contributed by atoms with Gasteiger partial charge in [0.25, 0.3) is 6.69 Å². The molecule has 0 aliphatic heterocycles. The summed E-state index contributed by atoms with van der Waals surface area (Å²) >= 11 is 14.9. The molecule has 1 saturated carbocycles. The van der Waals surface area contributed by atoms with Gasteiger partial charge >= 0.3 is 0 Å². The van der Waals surface area contributed by atoms with Gasteiger partial charge in [-0.2, -0.15) is 0 Å². The molecule has 8 heteroatoms. The molecule has 1 fully saturated rings. The average Bonchev–Trinajstić information content (AvgIpc) is 2.53. The molecule has 0 amide bonds. The summed E-state index contributed by atoms with van der Waals surface area (Å²) in [6, 6.07) is 10.2. The van der Waals surface area contributed by atoms with Gasteiger partial charge < -0.3 is 9.13 Å². The molecular weight excluding hydrogens is 449 g/mol. The first-order chi connectivity index (χ1) is 12.2. The molecule has 0 radical (unpaired) electrons. The quantitative estimate of drug-likeness (QED) is 0.251. The molecule has 0 aromatic heterocycles. The van der Waals surface area contributed by atoms with Gasteiger partial charge in [0.2, 0.25) is 0 Å². The van der Waals surface area contributed by atoms with Crippen molar-refractivity contribution in [3.8, 4) is 0 Å². The Morgan fingerprint density at radius 1 is 0.889 bits per heavy atom. The van der Waals surface area contributed by atoms with E-state index in [0.717, 1.165) is 30.9 Å². The lowest BCUT2D eigenvalue weighted by Gasteiger charge is -2.57. The standard InChI is InChI=1S/C19H34Cl2O2P2Si2/c1-24(2,22)19(25(3,4)23,26(5,6)17-13-9-7-10-14-17)27(20,21)18-15-11-8-12-16-18/h7,9-10,13-14,18H,8,11-12,15-16H2,1-6H3. The lowest BCUT2D eigenvalue weighted by atomic mass is 10.0. The van der Waals surface area contributed by atoms with Crippen LogP contribution in [-0.2, 0) is 9.13 Å². The van der Waals surface area contributed by atoms with Crippen LogP contribution in [-0.4, -0.2) is 45.6 Å². The lowest BCUT2D eigenvalue weighted by Crippen LogP contribution is -2.71. The summed E-state index contributed by atoms with van der Waals surface area (Å²) in [7, 11) is -8.39. The van der Waals surface area contributed by atoms with E-state index in [1.54, 1.807) is 26.7 Å². The van der Waals surface area contributed by atoms with E-state index >= 15 is 0 Å². The Bertz CT molecular complexity index is 728. The molecule has 0 N–H and O–H groups in total. The third-order valence-corrected chi connectivity index (χ3v) is 39.6. The van der Waals surface area contributed by atoms with Gasteiger partial charge in [-0.05, 0) is 32.2 Å². The summed E-state index contributed by atoms with van der Waals surface area (Å²) in [5.41, 5.74) is 0.159. The molecule has 0 spiro atoms. The summed E-state index contributed by atoms with van der Waals surface area (Å²) in [6.07, 6.45) is 5.36. The highest BCUT2D eigenvalue weighted by atomic mass is 35.7. The number of hydrogen-bond acceptors (Lipinski definition) is 2. The normalized spacial score (nSPS) is 18.5. The Morgan fingerprint density at radius 2 is 1.33 bits per heavy atom. The summed E-state index contributed by atoms with van der Waals surface area (Å²) in [6.45, 7) is 8.36. The molecule has 2 nitrogen and oxygen atoms in total. The van der Waals surface area contributed by atoms with Crippen LogP contribution in [0.5, 0.6) is 0 Å². The van der Waals surface area contributed by atoms with E-state index in [2.05, 4.69) is 25.2 Å². The first-order valence-corrected chi connectivity index (χ1v) is 22.0. The van der Waals surface area contributed by atoms with Crippen molar-refractivity contribution >= 4 is 56.4 Å². The molecule has 0 unspecified atom stereocenters. The first-order valence-electron chi connectivity index (χ1n) is 9.75. The molecule has 0 atom stereocenters. The van der Waals surface area contributed by atoms with Crippen molar-refractivity contribution in [2.45, 2.75) is 54.9 Å². The lowest BCUT2D eigenvalue weighted by molar-refractivity contribution is 0.495. The maximum atomic E-state index is 14.1. The van der Waals surface area contributed by atoms with E-state index < -0.39 is 33.2 Å². The van der Waals surface area contributed by atoms with Crippen LogP contribution in [0, 0.1) is 0 Å². The smallest absolute Gasteiger partial charge is 0.272 e. The maximum Gasteiger partial charge on any atom is 0.272 e. The second kappa shape index (κ2) is 8.08.